The average molecular weight is 328 g/mol. The fourth-order valence-electron chi connectivity index (χ4n) is 1.49. The van der Waals surface area contributed by atoms with Crippen molar-refractivity contribution in [3.8, 4) is 0 Å². The predicted molar refractivity (Wildman–Crippen MR) is 88.8 cm³/mol. The lowest BCUT2D eigenvalue weighted by Gasteiger charge is -2.25. The SMILES string of the molecule is CN(C(=O)OC(C)(C)C)c1cscc1NC(=O)OC(C)(C)C. The molecule has 0 atom stereocenters. The maximum absolute atomic E-state index is 12.1. The van der Waals surface area contributed by atoms with Gasteiger partial charge in [0.05, 0.1) is 11.4 Å². The lowest BCUT2D eigenvalue weighted by molar-refractivity contribution is 0.0584. The van der Waals surface area contributed by atoms with E-state index in [2.05, 4.69) is 5.32 Å². The summed E-state index contributed by atoms with van der Waals surface area (Å²) in [4.78, 5) is 25.3. The second-order valence-electron chi connectivity index (χ2n) is 6.84. The Morgan fingerprint density at radius 3 is 2.09 bits per heavy atom. The molecule has 1 aromatic rings. The van der Waals surface area contributed by atoms with Crippen molar-refractivity contribution in [2.45, 2.75) is 52.7 Å². The first-order valence-corrected chi connectivity index (χ1v) is 7.86. The molecule has 0 aliphatic rings. The van der Waals surface area contributed by atoms with Crippen LogP contribution in [-0.2, 0) is 9.47 Å². The highest BCUT2D eigenvalue weighted by molar-refractivity contribution is 7.09. The molecule has 0 radical (unpaired) electrons. The van der Waals surface area contributed by atoms with Gasteiger partial charge in [0, 0.05) is 17.8 Å². The van der Waals surface area contributed by atoms with Crippen LogP contribution < -0.4 is 10.2 Å². The van der Waals surface area contributed by atoms with Crippen molar-refractivity contribution in [3.05, 3.63) is 10.8 Å². The number of rotatable bonds is 2. The fourth-order valence-corrected chi connectivity index (χ4v) is 2.28. The average Bonchev–Trinajstić information content (AvgIpc) is 2.70. The maximum Gasteiger partial charge on any atom is 0.414 e. The van der Waals surface area contributed by atoms with E-state index < -0.39 is 23.4 Å². The molecule has 0 spiro atoms. The molecule has 0 aliphatic heterocycles. The van der Waals surface area contributed by atoms with Crippen LogP contribution in [0, 0.1) is 0 Å². The summed E-state index contributed by atoms with van der Waals surface area (Å²) in [6, 6.07) is 0. The van der Waals surface area contributed by atoms with E-state index in [1.165, 1.54) is 16.2 Å². The van der Waals surface area contributed by atoms with Gasteiger partial charge in [-0.3, -0.25) is 10.2 Å². The van der Waals surface area contributed by atoms with E-state index in [4.69, 9.17) is 9.47 Å². The van der Waals surface area contributed by atoms with Crippen LogP contribution in [0.1, 0.15) is 41.5 Å². The van der Waals surface area contributed by atoms with Gasteiger partial charge in [-0.15, -0.1) is 11.3 Å². The van der Waals surface area contributed by atoms with Gasteiger partial charge < -0.3 is 9.47 Å². The Morgan fingerprint density at radius 1 is 1.05 bits per heavy atom. The van der Waals surface area contributed by atoms with Crippen LogP contribution in [0.25, 0.3) is 0 Å². The molecule has 0 saturated carbocycles. The molecule has 0 aliphatic carbocycles. The first kappa shape index (κ1) is 18.3. The summed E-state index contributed by atoms with van der Waals surface area (Å²) in [5.74, 6) is 0. The van der Waals surface area contributed by atoms with Gasteiger partial charge in [0.2, 0.25) is 0 Å². The number of carbonyl (C=O) groups is 2. The molecule has 124 valence electrons. The molecular formula is C15H24N2O4S. The van der Waals surface area contributed by atoms with E-state index >= 15 is 0 Å². The van der Waals surface area contributed by atoms with Crippen molar-refractivity contribution in [1.29, 1.82) is 0 Å². The fraction of sp³-hybridized carbons (Fsp3) is 0.600. The number of ether oxygens (including phenoxy) is 2. The van der Waals surface area contributed by atoms with Gasteiger partial charge in [0.25, 0.3) is 0 Å². The second kappa shape index (κ2) is 6.56. The third kappa shape index (κ3) is 5.93. The van der Waals surface area contributed by atoms with Crippen molar-refractivity contribution in [2.75, 3.05) is 17.3 Å². The third-order valence-corrected chi connectivity index (χ3v) is 3.04. The summed E-state index contributed by atoms with van der Waals surface area (Å²) < 4.78 is 10.5. The van der Waals surface area contributed by atoms with Gasteiger partial charge in [0.1, 0.15) is 11.2 Å². The van der Waals surface area contributed by atoms with E-state index in [9.17, 15) is 9.59 Å². The molecule has 0 fully saturated rings. The summed E-state index contributed by atoms with van der Waals surface area (Å²) in [7, 11) is 1.59. The number of amides is 2. The lowest BCUT2D eigenvalue weighted by atomic mass is 10.2. The van der Waals surface area contributed by atoms with E-state index in [-0.39, 0.29) is 0 Å². The van der Waals surface area contributed by atoms with Gasteiger partial charge in [-0.1, -0.05) is 0 Å². The number of nitrogens with zero attached hydrogens (tertiary/aromatic N) is 1. The molecule has 0 unspecified atom stereocenters. The molecule has 0 bridgehead atoms. The quantitative estimate of drug-likeness (QED) is 0.870. The summed E-state index contributed by atoms with van der Waals surface area (Å²) in [5.41, 5.74) is -0.102. The molecule has 1 heterocycles. The van der Waals surface area contributed by atoms with Crippen molar-refractivity contribution < 1.29 is 19.1 Å². The maximum atomic E-state index is 12.1. The van der Waals surface area contributed by atoms with E-state index in [0.29, 0.717) is 11.4 Å². The molecular weight excluding hydrogens is 304 g/mol. The summed E-state index contributed by atoms with van der Waals surface area (Å²) in [5, 5.41) is 6.14. The van der Waals surface area contributed by atoms with Gasteiger partial charge in [0.15, 0.2) is 0 Å². The first-order valence-electron chi connectivity index (χ1n) is 6.92. The minimum Gasteiger partial charge on any atom is -0.444 e. The zero-order chi connectivity index (χ0) is 17.1. The molecule has 1 rings (SSSR count). The normalized spacial score (nSPS) is 11.8. The molecule has 0 saturated heterocycles. The lowest BCUT2D eigenvalue weighted by Crippen LogP contribution is -2.34. The highest BCUT2D eigenvalue weighted by Crippen LogP contribution is 2.31. The standard InChI is InChI=1S/C15H24N2O4S/c1-14(2,3)20-12(18)16-10-8-22-9-11(10)17(7)13(19)21-15(4,5)6/h8-9H,1-7H3,(H,16,18). The number of nitrogens with one attached hydrogen (secondary N) is 1. The Balaban J connectivity index is 2.80. The summed E-state index contributed by atoms with van der Waals surface area (Å²) in [6.45, 7) is 10.8. The molecule has 1 aromatic heterocycles. The highest BCUT2D eigenvalue weighted by atomic mass is 32.1. The van der Waals surface area contributed by atoms with Gasteiger partial charge in [-0.05, 0) is 41.5 Å². The van der Waals surface area contributed by atoms with Gasteiger partial charge >= 0.3 is 12.2 Å². The topological polar surface area (TPSA) is 67.9 Å². The number of hydrogen-bond acceptors (Lipinski definition) is 5. The highest BCUT2D eigenvalue weighted by Gasteiger charge is 2.24. The molecule has 1 N–H and O–H groups in total. The number of anilines is 2. The largest absolute Gasteiger partial charge is 0.444 e. The second-order valence-corrected chi connectivity index (χ2v) is 7.58. The minimum absolute atomic E-state index is 0.488. The van der Waals surface area contributed by atoms with E-state index in [1.807, 2.05) is 0 Å². The van der Waals surface area contributed by atoms with Crippen molar-refractivity contribution in [1.82, 2.24) is 0 Å². The van der Waals surface area contributed by atoms with Crippen molar-refractivity contribution in [2.24, 2.45) is 0 Å². The minimum atomic E-state index is -0.586. The zero-order valence-corrected chi connectivity index (χ0v) is 15.0. The number of thiophene rings is 1. The monoisotopic (exact) mass is 328 g/mol. The number of hydrogen-bond donors (Lipinski definition) is 1. The van der Waals surface area contributed by atoms with Crippen molar-refractivity contribution >= 4 is 34.9 Å². The van der Waals surface area contributed by atoms with E-state index in [0.717, 1.165) is 0 Å². The smallest absolute Gasteiger partial charge is 0.414 e. The Morgan fingerprint density at radius 2 is 1.59 bits per heavy atom. The van der Waals surface area contributed by atoms with Gasteiger partial charge in [-0.25, -0.2) is 9.59 Å². The zero-order valence-electron chi connectivity index (χ0n) is 14.1. The Kier molecular flexibility index (Phi) is 5.45. The molecule has 22 heavy (non-hydrogen) atoms. The van der Waals surface area contributed by atoms with Crippen LogP contribution in [0.3, 0.4) is 0 Å². The summed E-state index contributed by atoms with van der Waals surface area (Å²) in [6.07, 6.45) is -1.05. The molecule has 0 aromatic carbocycles. The van der Waals surface area contributed by atoms with E-state index in [1.54, 1.807) is 59.4 Å². The predicted octanol–water partition coefficient (Wildman–Crippen LogP) is 4.47. The molecule has 6 nitrogen and oxygen atoms in total. The van der Waals surface area contributed by atoms with Crippen LogP contribution in [0.15, 0.2) is 10.8 Å². The van der Waals surface area contributed by atoms with Crippen LogP contribution in [-0.4, -0.2) is 30.4 Å². The summed E-state index contributed by atoms with van der Waals surface area (Å²) >= 11 is 1.37. The molecule has 2 amide bonds. The Labute approximate surface area is 135 Å². The van der Waals surface area contributed by atoms with Crippen LogP contribution >= 0.6 is 11.3 Å². The molecule has 7 heteroatoms. The van der Waals surface area contributed by atoms with Crippen LogP contribution in [0.2, 0.25) is 0 Å². The van der Waals surface area contributed by atoms with Gasteiger partial charge in [-0.2, -0.15) is 0 Å². The third-order valence-electron chi connectivity index (χ3n) is 2.31. The van der Waals surface area contributed by atoms with Crippen molar-refractivity contribution in [3.63, 3.8) is 0 Å². The van der Waals surface area contributed by atoms with Crippen LogP contribution in [0.5, 0.6) is 0 Å². The Hall–Kier alpha value is -1.76. The number of carbonyl (C=O) groups excluding carboxylic acids is 2. The van der Waals surface area contributed by atoms with Crippen LogP contribution in [0.4, 0.5) is 21.0 Å². The first-order chi connectivity index (χ1) is 9.89. The Bertz CT molecular complexity index is 540.